The maximum absolute atomic E-state index is 4.45. The molecule has 2 aliphatic carbocycles. The van der Waals surface area contributed by atoms with Crippen molar-refractivity contribution in [1.82, 2.24) is 0 Å². The Morgan fingerprint density at radius 1 is 0.300 bits per heavy atom. The third-order valence-electron chi connectivity index (χ3n) is 13.7. The van der Waals surface area contributed by atoms with Crippen molar-refractivity contribution >= 4 is 25.3 Å². The molecule has 8 aromatic carbocycles. The van der Waals surface area contributed by atoms with E-state index >= 15 is 0 Å². The molecule has 0 saturated carbocycles. The van der Waals surface area contributed by atoms with E-state index < -0.39 is 0 Å². The first kappa shape index (κ1) is 38.6. The van der Waals surface area contributed by atoms with Gasteiger partial charge in [0.25, 0.3) is 0 Å². The van der Waals surface area contributed by atoms with Crippen LogP contribution in [0.4, 0.5) is 0 Å². The van der Waals surface area contributed by atoms with Gasteiger partial charge in [-0.15, -0.1) is 0 Å². The lowest BCUT2D eigenvalue weighted by Crippen LogP contribution is -2.15. The van der Waals surface area contributed by atoms with Crippen molar-refractivity contribution in [3.05, 3.63) is 202 Å². The topological polar surface area (TPSA) is 0 Å². The minimum atomic E-state index is -0.100. The molecule has 2 heteroatoms. The molecule has 294 valence electrons. The Hall–Kier alpha value is -5.54. The first-order valence-electron chi connectivity index (χ1n) is 21.2. The van der Waals surface area contributed by atoms with Gasteiger partial charge < -0.3 is 0 Å². The van der Waals surface area contributed by atoms with Crippen LogP contribution in [-0.4, -0.2) is 0 Å². The Bertz CT molecular complexity index is 2790. The minimum Gasteiger partial charge on any atom is -0.175 e. The van der Waals surface area contributed by atoms with E-state index in [4.69, 9.17) is 0 Å². The zero-order valence-corrected chi connectivity index (χ0v) is 37.1. The third-order valence-corrected chi connectivity index (χ3v) is 14.4. The highest BCUT2D eigenvalue weighted by Gasteiger charge is 2.37. The molecule has 0 N–H and O–H groups in total. The fraction of sp³-hybridized carbons (Fsp3) is 0.172. The quantitative estimate of drug-likeness (QED) is 0.147. The number of hydrogen-bond donors (Lipinski definition) is 2. The van der Waals surface area contributed by atoms with Crippen LogP contribution in [0.25, 0.3) is 77.9 Å². The SMILES string of the molecule is Cc1cc(-c2ccc3c(c2)C(C)(C)c2cc(-c4ccc(CS)cc4)ccc2-3)ccc1-c1ccc(-c2ccc3c(c2)C(C)(C)c2cc(-c4ccc(CS)cc4)ccc2-3)cc1C. The summed E-state index contributed by atoms with van der Waals surface area (Å²) in [7, 11) is 0. The zero-order valence-electron chi connectivity index (χ0n) is 35.3. The van der Waals surface area contributed by atoms with Gasteiger partial charge in [0, 0.05) is 22.3 Å². The van der Waals surface area contributed by atoms with Crippen LogP contribution in [-0.2, 0) is 22.3 Å². The van der Waals surface area contributed by atoms with Crippen LogP contribution in [0, 0.1) is 13.8 Å². The predicted molar refractivity (Wildman–Crippen MR) is 264 cm³/mol. The van der Waals surface area contributed by atoms with E-state index in [2.05, 4.69) is 225 Å². The van der Waals surface area contributed by atoms with Gasteiger partial charge in [-0.2, -0.15) is 25.3 Å². The van der Waals surface area contributed by atoms with Gasteiger partial charge in [-0.05, 0) is 161 Å². The Morgan fingerprint density at radius 2 is 0.533 bits per heavy atom. The van der Waals surface area contributed by atoms with Gasteiger partial charge in [0.1, 0.15) is 0 Å². The molecule has 0 nitrogen and oxygen atoms in total. The van der Waals surface area contributed by atoms with E-state index in [0.717, 1.165) is 11.5 Å². The predicted octanol–water partition coefficient (Wildman–Crippen LogP) is 16.1. The summed E-state index contributed by atoms with van der Waals surface area (Å²) in [5.41, 5.74) is 28.4. The van der Waals surface area contributed by atoms with Crippen molar-refractivity contribution in [2.24, 2.45) is 0 Å². The normalized spacial score (nSPS) is 14.1. The Kier molecular flexibility index (Phi) is 9.39. The van der Waals surface area contributed by atoms with Gasteiger partial charge in [-0.3, -0.25) is 0 Å². The second-order valence-electron chi connectivity index (χ2n) is 18.1. The largest absolute Gasteiger partial charge is 0.175 e. The molecule has 0 amide bonds. The van der Waals surface area contributed by atoms with E-state index in [0.29, 0.717) is 0 Å². The van der Waals surface area contributed by atoms with Gasteiger partial charge >= 0.3 is 0 Å². The molecule has 0 radical (unpaired) electrons. The molecule has 0 aromatic heterocycles. The van der Waals surface area contributed by atoms with Crippen LogP contribution in [0.5, 0.6) is 0 Å². The molecular formula is C58H50S2. The summed E-state index contributed by atoms with van der Waals surface area (Å²) >= 11 is 8.89. The molecule has 0 atom stereocenters. The van der Waals surface area contributed by atoms with E-state index in [1.54, 1.807) is 0 Å². The monoisotopic (exact) mass is 810 g/mol. The lowest BCUT2D eigenvalue weighted by Gasteiger charge is -2.23. The van der Waals surface area contributed by atoms with Gasteiger partial charge in [0.05, 0.1) is 0 Å². The van der Waals surface area contributed by atoms with E-state index in [9.17, 15) is 0 Å². The molecule has 2 aliphatic rings. The highest BCUT2D eigenvalue weighted by atomic mass is 32.1. The van der Waals surface area contributed by atoms with Crippen LogP contribution in [0.15, 0.2) is 158 Å². The first-order chi connectivity index (χ1) is 28.9. The van der Waals surface area contributed by atoms with Crippen LogP contribution in [0.3, 0.4) is 0 Å². The fourth-order valence-electron chi connectivity index (χ4n) is 10.1. The fourth-order valence-corrected chi connectivity index (χ4v) is 10.5. The summed E-state index contributed by atoms with van der Waals surface area (Å²) in [6.07, 6.45) is 0. The van der Waals surface area contributed by atoms with Crippen molar-refractivity contribution < 1.29 is 0 Å². The lowest BCUT2D eigenvalue weighted by molar-refractivity contribution is 0.660. The molecule has 0 aliphatic heterocycles. The highest BCUT2D eigenvalue weighted by Crippen LogP contribution is 2.52. The maximum Gasteiger partial charge on any atom is 0.0159 e. The number of benzene rings is 8. The second kappa shape index (κ2) is 14.6. The Balaban J connectivity index is 0.907. The molecule has 0 heterocycles. The van der Waals surface area contributed by atoms with Gasteiger partial charge in [0.15, 0.2) is 0 Å². The molecule has 10 rings (SSSR count). The summed E-state index contributed by atoms with van der Waals surface area (Å²) in [6.45, 7) is 14.0. The Labute approximate surface area is 367 Å². The maximum atomic E-state index is 4.45. The summed E-state index contributed by atoms with van der Waals surface area (Å²) in [5.74, 6) is 1.51. The molecule has 0 saturated heterocycles. The van der Waals surface area contributed by atoms with Crippen LogP contribution < -0.4 is 0 Å². The summed E-state index contributed by atoms with van der Waals surface area (Å²) in [6, 6.07) is 59.8. The van der Waals surface area contributed by atoms with Crippen molar-refractivity contribution in [2.75, 3.05) is 0 Å². The van der Waals surface area contributed by atoms with Crippen molar-refractivity contribution in [1.29, 1.82) is 0 Å². The average molecular weight is 811 g/mol. The lowest BCUT2D eigenvalue weighted by atomic mass is 9.80. The number of rotatable bonds is 7. The zero-order chi connectivity index (χ0) is 41.5. The first-order valence-corrected chi connectivity index (χ1v) is 22.4. The Morgan fingerprint density at radius 3 is 0.800 bits per heavy atom. The molecule has 8 aromatic rings. The molecule has 0 spiro atoms. The van der Waals surface area contributed by atoms with Crippen LogP contribution in [0.2, 0.25) is 0 Å². The van der Waals surface area contributed by atoms with E-state index in [1.165, 1.54) is 122 Å². The van der Waals surface area contributed by atoms with Crippen LogP contribution >= 0.6 is 25.3 Å². The molecule has 0 unspecified atom stereocenters. The van der Waals surface area contributed by atoms with Crippen molar-refractivity contribution in [3.63, 3.8) is 0 Å². The van der Waals surface area contributed by atoms with Gasteiger partial charge in [-0.1, -0.05) is 161 Å². The number of aryl methyl sites for hydroxylation is 2. The second-order valence-corrected chi connectivity index (χ2v) is 18.7. The molecule has 0 bridgehead atoms. The standard InChI is InChI=1S/C58H50S2/c1-35-27-41(45-19-25-51-49-23-17-43(39-11-7-37(33-59)8-12-39)29-53(49)57(3,4)55(51)31-45)15-21-47(35)48-22-16-42(28-36(48)2)46-20-26-52-50-24-18-44(40-13-9-38(34-60)10-14-40)30-54(50)58(5,6)56(52)32-46/h7-32,59-60H,33-34H2,1-6H3. The van der Waals surface area contributed by atoms with Crippen molar-refractivity contribution in [3.8, 4) is 77.9 Å². The minimum absolute atomic E-state index is 0.100. The number of fused-ring (bicyclic) bond motifs is 6. The van der Waals surface area contributed by atoms with E-state index in [1.807, 2.05) is 0 Å². The van der Waals surface area contributed by atoms with Gasteiger partial charge in [0.2, 0.25) is 0 Å². The molecule has 60 heavy (non-hydrogen) atoms. The molecule has 0 fully saturated rings. The van der Waals surface area contributed by atoms with Gasteiger partial charge in [-0.25, -0.2) is 0 Å². The summed E-state index contributed by atoms with van der Waals surface area (Å²) in [5, 5.41) is 0. The van der Waals surface area contributed by atoms with Crippen molar-refractivity contribution in [2.45, 2.75) is 63.9 Å². The summed E-state index contributed by atoms with van der Waals surface area (Å²) in [4.78, 5) is 0. The van der Waals surface area contributed by atoms with Crippen LogP contribution in [0.1, 0.15) is 72.2 Å². The number of thiol groups is 2. The molecular weight excluding hydrogens is 761 g/mol. The van der Waals surface area contributed by atoms with E-state index in [-0.39, 0.29) is 10.8 Å². The smallest absolute Gasteiger partial charge is 0.0159 e. The number of hydrogen-bond acceptors (Lipinski definition) is 2. The average Bonchev–Trinajstić information content (AvgIpc) is 3.64. The highest BCUT2D eigenvalue weighted by molar-refractivity contribution is 7.79. The third kappa shape index (κ3) is 6.30. The summed E-state index contributed by atoms with van der Waals surface area (Å²) < 4.78 is 0.